The highest BCUT2D eigenvalue weighted by Crippen LogP contribution is 2.16. The van der Waals surface area contributed by atoms with Gasteiger partial charge < -0.3 is 10.6 Å². The van der Waals surface area contributed by atoms with Gasteiger partial charge in [-0.1, -0.05) is 24.3 Å². The molecule has 0 unspecified atom stereocenters. The van der Waals surface area contributed by atoms with Crippen molar-refractivity contribution < 1.29 is 4.79 Å². The van der Waals surface area contributed by atoms with Gasteiger partial charge in [-0.2, -0.15) is 5.10 Å². The molecule has 19 heavy (non-hydrogen) atoms. The van der Waals surface area contributed by atoms with Crippen LogP contribution in [0.4, 0.5) is 0 Å². The minimum atomic E-state index is -0.151. The van der Waals surface area contributed by atoms with Crippen molar-refractivity contribution in [1.29, 1.82) is 0 Å². The van der Waals surface area contributed by atoms with E-state index in [9.17, 15) is 4.79 Å². The van der Waals surface area contributed by atoms with Crippen LogP contribution in [0.2, 0.25) is 0 Å². The molecule has 0 saturated carbocycles. The maximum Gasteiger partial charge on any atom is 0.237 e. The van der Waals surface area contributed by atoms with Crippen molar-refractivity contribution in [3.8, 4) is 0 Å². The van der Waals surface area contributed by atoms with Crippen molar-refractivity contribution in [1.82, 2.24) is 20.8 Å². The molecule has 3 rings (SSSR count). The smallest absolute Gasteiger partial charge is 0.237 e. The third-order valence-corrected chi connectivity index (χ3v) is 3.42. The zero-order valence-electron chi connectivity index (χ0n) is 10.5. The zero-order valence-corrected chi connectivity index (χ0v) is 10.5. The van der Waals surface area contributed by atoms with E-state index in [2.05, 4.69) is 33.0 Å². The Hall–Kier alpha value is -2.14. The lowest BCUT2D eigenvalue weighted by molar-refractivity contribution is -0.123. The highest BCUT2D eigenvalue weighted by molar-refractivity contribution is 5.82. The van der Waals surface area contributed by atoms with E-state index in [1.165, 1.54) is 11.1 Å². The molecule has 3 N–H and O–H groups in total. The van der Waals surface area contributed by atoms with Crippen molar-refractivity contribution in [3.63, 3.8) is 0 Å². The van der Waals surface area contributed by atoms with E-state index in [0.717, 1.165) is 18.5 Å². The third-order valence-electron chi connectivity index (χ3n) is 3.42. The molecule has 5 nitrogen and oxygen atoms in total. The molecule has 0 fully saturated rings. The minimum Gasteiger partial charge on any atom is -0.351 e. The van der Waals surface area contributed by atoms with Crippen LogP contribution in [-0.2, 0) is 24.3 Å². The second-order valence-electron chi connectivity index (χ2n) is 4.73. The first-order chi connectivity index (χ1) is 9.33. The maximum absolute atomic E-state index is 12.1. The Morgan fingerprint density at radius 2 is 2.21 bits per heavy atom. The molecule has 0 bridgehead atoms. The SMILES string of the molecule is O=C(NCc1cn[nH]c1)[C@@H]1Cc2ccccc2CN1. The Morgan fingerprint density at radius 1 is 1.37 bits per heavy atom. The molecule has 1 atom stereocenters. The fourth-order valence-electron chi connectivity index (χ4n) is 2.33. The van der Waals surface area contributed by atoms with E-state index in [4.69, 9.17) is 0 Å². The predicted molar refractivity (Wildman–Crippen MR) is 71.2 cm³/mol. The van der Waals surface area contributed by atoms with Gasteiger partial charge in [0.25, 0.3) is 0 Å². The van der Waals surface area contributed by atoms with Gasteiger partial charge in [-0.15, -0.1) is 0 Å². The summed E-state index contributed by atoms with van der Waals surface area (Å²) in [6.45, 7) is 1.26. The van der Waals surface area contributed by atoms with Crippen molar-refractivity contribution >= 4 is 5.91 Å². The van der Waals surface area contributed by atoms with Crippen LogP contribution in [0.3, 0.4) is 0 Å². The van der Waals surface area contributed by atoms with Crippen LogP contribution in [0.5, 0.6) is 0 Å². The predicted octanol–water partition coefficient (Wildman–Crippen LogP) is 0.740. The molecule has 1 aliphatic heterocycles. The standard InChI is InChI=1S/C14H16N4O/c19-14(16-6-10-7-17-18-8-10)13-5-11-3-1-2-4-12(11)9-15-13/h1-4,7-8,13,15H,5-6,9H2,(H,16,19)(H,17,18)/t13-/m0/s1. The number of rotatable bonds is 3. The molecule has 1 aromatic carbocycles. The summed E-state index contributed by atoms with van der Waals surface area (Å²) in [5.41, 5.74) is 3.51. The average molecular weight is 256 g/mol. The van der Waals surface area contributed by atoms with Crippen LogP contribution in [-0.4, -0.2) is 22.1 Å². The quantitative estimate of drug-likeness (QED) is 0.758. The summed E-state index contributed by atoms with van der Waals surface area (Å²) in [7, 11) is 0. The normalized spacial score (nSPS) is 17.8. The van der Waals surface area contributed by atoms with Gasteiger partial charge >= 0.3 is 0 Å². The fraction of sp³-hybridized carbons (Fsp3) is 0.286. The number of hydrogen-bond acceptors (Lipinski definition) is 3. The summed E-state index contributed by atoms with van der Waals surface area (Å²) in [5, 5.41) is 12.8. The molecule has 98 valence electrons. The Bertz CT molecular complexity index is 565. The highest BCUT2D eigenvalue weighted by atomic mass is 16.2. The minimum absolute atomic E-state index is 0.0377. The number of nitrogens with zero attached hydrogens (tertiary/aromatic N) is 1. The maximum atomic E-state index is 12.1. The number of benzene rings is 1. The summed E-state index contributed by atoms with van der Waals surface area (Å²) in [6.07, 6.45) is 4.24. The average Bonchev–Trinajstić information content (AvgIpc) is 2.97. The number of carbonyl (C=O) groups excluding carboxylic acids is 1. The van der Waals surface area contributed by atoms with E-state index in [1.54, 1.807) is 12.4 Å². The Balaban J connectivity index is 1.60. The number of amides is 1. The number of fused-ring (bicyclic) bond motifs is 1. The van der Waals surface area contributed by atoms with Crippen LogP contribution >= 0.6 is 0 Å². The van der Waals surface area contributed by atoms with Crippen molar-refractivity contribution in [2.45, 2.75) is 25.6 Å². The summed E-state index contributed by atoms with van der Waals surface area (Å²) in [6, 6.07) is 8.08. The van der Waals surface area contributed by atoms with Crippen LogP contribution in [0, 0.1) is 0 Å². The van der Waals surface area contributed by atoms with Crippen LogP contribution in [0.15, 0.2) is 36.7 Å². The Labute approximate surface area is 111 Å². The van der Waals surface area contributed by atoms with Gasteiger partial charge in [0.1, 0.15) is 0 Å². The van der Waals surface area contributed by atoms with Gasteiger partial charge in [0, 0.05) is 24.8 Å². The van der Waals surface area contributed by atoms with Crippen LogP contribution in [0.1, 0.15) is 16.7 Å². The first-order valence-electron chi connectivity index (χ1n) is 6.38. The van der Waals surface area contributed by atoms with Gasteiger partial charge in [0.15, 0.2) is 0 Å². The lowest BCUT2D eigenvalue weighted by Gasteiger charge is -2.25. The molecule has 1 aliphatic rings. The van der Waals surface area contributed by atoms with Gasteiger partial charge in [0.05, 0.1) is 12.2 Å². The number of H-pyrrole nitrogens is 1. The topological polar surface area (TPSA) is 69.8 Å². The molecule has 1 amide bonds. The monoisotopic (exact) mass is 256 g/mol. The zero-order chi connectivity index (χ0) is 13.1. The van der Waals surface area contributed by atoms with Crippen molar-refractivity contribution in [3.05, 3.63) is 53.3 Å². The lowest BCUT2D eigenvalue weighted by Crippen LogP contribution is -2.47. The molecule has 0 saturated heterocycles. The second-order valence-corrected chi connectivity index (χ2v) is 4.73. The number of carbonyl (C=O) groups is 1. The van der Waals surface area contributed by atoms with Gasteiger partial charge in [-0.3, -0.25) is 9.89 Å². The van der Waals surface area contributed by atoms with Crippen molar-refractivity contribution in [2.75, 3.05) is 0 Å². The van der Waals surface area contributed by atoms with Crippen LogP contribution < -0.4 is 10.6 Å². The van der Waals surface area contributed by atoms with Gasteiger partial charge in [-0.25, -0.2) is 0 Å². The largest absolute Gasteiger partial charge is 0.351 e. The second kappa shape index (κ2) is 5.24. The Morgan fingerprint density at radius 3 is 3.00 bits per heavy atom. The molecular weight excluding hydrogens is 240 g/mol. The molecule has 5 heteroatoms. The summed E-state index contributed by atoms with van der Waals surface area (Å²) in [4.78, 5) is 12.1. The molecule has 0 spiro atoms. The van der Waals surface area contributed by atoms with E-state index in [1.807, 2.05) is 12.1 Å². The van der Waals surface area contributed by atoms with E-state index >= 15 is 0 Å². The molecular formula is C14H16N4O. The van der Waals surface area contributed by atoms with E-state index in [-0.39, 0.29) is 11.9 Å². The van der Waals surface area contributed by atoms with E-state index in [0.29, 0.717) is 6.54 Å². The number of hydrogen-bond donors (Lipinski definition) is 3. The number of nitrogens with one attached hydrogen (secondary N) is 3. The Kier molecular flexibility index (Phi) is 3.29. The molecule has 1 aromatic heterocycles. The molecule has 2 heterocycles. The van der Waals surface area contributed by atoms with Gasteiger partial charge in [0.2, 0.25) is 5.91 Å². The summed E-state index contributed by atoms with van der Waals surface area (Å²) < 4.78 is 0. The molecule has 2 aromatic rings. The van der Waals surface area contributed by atoms with E-state index < -0.39 is 0 Å². The third kappa shape index (κ3) is 2.66. The summed E-state index contributed by atoms with van der Waals surface area (Å²) in [5.74, 6) is 0.0377. The summed E-state index contributed by atoms with van der Waals surface area (Å²) >= 11 is 0. The molecule has 0 aliphatic carbocycles. The fourth-order valence-corrected chi connectivity index (χ4v) is 2.33. The first-order valence-corrected chi connectivity index (χ1v) is 6.38. The van der Waals surface area contributed by atoms with Crippen LogP contribution in [0.25, 0.3) is 0 Å². The molecule has 0 radical (unpaired) electrons. The number of aromatic amines is 1. The van der Waals surface area contributed by atoms with Crippen molar-refractivity contribution in [2.24, 2.45) is 0 Å². The van der Waals surface area contributed by atoms with Gasteiger partial charge in [-0.05, 0) is 17.5 Å². The lowest BCUT2D eigenvalue weighted by atomic mass is 9.95. The highest BCUT2D eigenvalue weighted by Gasteiger charge is 2.23. The first kappa shape index (κ1) is 11.9. The number of aromatic nitrogens is 2.